The molecule has 0 aliphatic rings. The van der Waals surface area contributed by atoms with Crippen LogP contribution in [-0.4, -0.2) is 16.9 Å². The van der Waals surface area contributed by atoms with Gasteiger partial charge in [0, 0.05) is 6.07 Å². The smallest absolute Gasteiger partial charge is 0.320 e. The molecular weight excluding hydrogens is 291 g/mol. The van der Waals surface area contributed by atoms with Crippen LogP contribution in [0, 0.1) is 10.1 Å². The van der Waals surface area contributed by atoms with Crippen LogP contribution in [0.4, 0.5) is 24.5 Å². The van der Waals surface area contributed by atoms with E-state index >= 15 is 0 Å². The minimum absolute atomic E-state index is 0.315. The van der Waals surface area contributed by atoms with E-state index < -0.39 is 34.3 Å². The average Bonchev–Trinajstić information content (AvgIpc) is 2.37. The number of anilines is 1. The first-order chi connectivity index (χ1) is 9.66. The van der Waals surface area contributed by atoms with Crippen molar-refractivity contribution in [3.63, 3.8) is 0 Å². The molecule has 6 nitrogen and oxygen atoms in total. The molecular formula is C12H14F3N3O3. The van der Waals surface area contributed by atoms with E-state index in [0.29, 0.717) is 25.0 Å². The molecule has 1 rings (SSSR count). The number of halogens is 3. The van der Waals surface area contributed by atoms with E-state index in [2.05, 4.69) is 5.32 Å². The number of nitrogens with two attached hydrogens (primary N) is 1. The SMILES string of the molecule is CCCC(N)C(=O)Nc1ccc(C(F)(F)F)cc1[N+](=O)[O-]. The maximum atomic E-state index is 12.5. The van der Waals surface area contributed by atoms with Gasteiger partial charge in [0.05, 0.1) is 16.5 Å². The van der Waals surface area contributed by atoms with Crippen LogP contribution in [0.25, 0.3) is 0 Å². The maximum absolute atomic E-state index is 12.5. The summed E-state index contributed by atoms with van der Waals surface area (Å²) in [6.07, 6.45) is -3.71. The van der Waals surface area contributed by atoms with Gasteiger partial charge in [0.1, 0.15) is 5.69 Å². The second-order valence-electron chi connectivity index (χ2n) is 4.37. The number of nitrogens with one attached hydrogen (secondary N) is 1. The second kappa shape index (κ2) is 6.53. The fourth-order valence-corrected chi connectivity index (χ4v) is 1.63. The zero-order chi connectivity index (χ0) is 16.2. The number of nitro groups is 1. The van der Waals surface area contributed by atoms with E-state index in [1.54, 1.807) is 6.92 Å². The Bertz CT molecular complexity index is 546. The highest BCUT2D eigenvalue weighted by Gasteiger charge is 2.33. The summed E-state index contributed by atoms with van der Waals surface area (Å²) in [5, 5.41) is 13.0. The Morgan fingerprint density at radius 2 is 2.10 bits per heavy atom. The van der Waals surface area contributed by atoms with Gasteiger partial charge in [-0.25, -0.2) is 0 Å². The standard InChI is InChI=1S/C12H14F3N3O3/c1-2-3-8(16)11(19)17-9-5-4-7(12(13,14)15)6-10(9)18(20)21/h4-6,8H,2-3,16H2,1H3,(H,17,19). The number of hydrogen-bond donors (Lipinski definition) is 2. The number of carbonyl (C=O) groups is 1. The highest BCUT2D eigenvalue weighted by molar-refractivity contribution is 5.96. The van der Waals surface area contributed by atoms with Crippen LogP contribution in [0.1, 0.15) is 25.3 Å². The molecule has 1 aromatic carbocycles. The lowest BCUT2D eigenvalue weighted by molar-refractivity contribution is -0.384. The van der Waals surface area contributed by atoms with Crippen molar-refractivity contribution in [1.82, 2.24) is 0 Å². The topological polar surface area (TPSA) is 98.3 Å². The molecule has 1 amide bonds. The maximum Gasteiger partial charge on any atom is 0.416 e. The van der Waals surface area contributed by atoms with Crippen molar-refractivity contribution in [3.8, 4) is 0 Å². The summed E-state index contributed by atoms with van der Waals surface area (Å²) in [4.78, 5) is 21.5. The zero-order valence-corrected chi connectivity index (χ0v) is 11.1. The van der Waals surface area contributed by atoms with Gasteiger partial charge in [-0.1, -0.05) is 13.3 Å². The summed E-state index contributed by atoms with van der Waals surface area (Å²) in [6.45, 7) is 1.80. The molecule has 1 aromatic rings. The van der Waals surface area contributed by atoms with Crippen LogP contribution in [-0.2, 0) is 11.0 Å². The molecule has 116 valence electrons. The van der Waals surface area contributed by atoms with Gasteiger partial charge in [0.15, 0.2) is 0 Å². The number of hydrogen-bond acceptors (Lipinski definition) is 4. The molecule has 0 fully saturated rings. The average molecular weight is 305 g/mol. The van der Waals surface area contributed by atoms with Crippen molar-refractivity contribution >= 4 is 17.3 Å². The number of nitro benzene ring substituents is 1. The highest BCUT2D eigenvalue weighted by Crippen LogP contribution is 2.34. The van der Waals surface area contributed by atoms with Crippen molar-refractivity contribution in [3.05, 3.63) is 33.9 Å². The first-order valence-corrected chi connectivity index (χ1v) is 6.09. The lowest BCUT2D eigenvalue weighted by Gasteiger charge is -2.12. The molecule has 3 N–H and O–H groups in total. The summed E-state index contributed by atoms with van der Waals surface area (Å²) < 4.78 is 37.6. The predicted octanol–water partition coefficient (Wildman–Crippen LogP) is 2.68. The molecule has 21 heavy (non-hydrogen) atoms. The summed E-state index contributed by atoms with van der Waals surface area (Å²) in [5.41, 5.74) is 3.23. The Balaban J connectivity index is 3.08. The van der Waals surface area contributed by atoms with Crippen LogP contribution in [0.3, 0.4) is 0 Å². The number of nitrogens with zero attached hydrogens (tertiary/aromatic N) is 1. The molecule has 0 aliphatic heterocycles. The van der Waals surface area contributed by atoms with Crippen molar-refractivity contribution in [1.29, 1.82) is 0 Å². The third-order valence-corrected chi connectivity index (χ3v) is 2.72. The monoisotopic (exact) mass is 305 g/mol. The Morgan fingerprint density at radius 1 is 1.48 bits per heavy atom. The third-order valence-electron chi connectivity index (χ3n) is 2.72. The van der Waals surface area contributed by atoms with Gasteiger partial charge < -0.3 is 11.1 Å². The van der Waals surface area contributed by atoms with Crippen LogP contribution in [0.2, 0.25) is 0 Å². The van der Waals surface area contributed by atoms with Crippen molar-refractivity contribution in [2.45, 2.75) is 32.0 Å². The summed E-state index contributed by atoms with van der Waals surface area (Å²) in [5.74, 6) is -0.681. The number of rotatable bonds is 5. The molecule has 0 saturated heterocycles. The van der Waals surface area contributed by atoms with Crippen molar-refractivity contribution < 1.29 is 22.9 Å². The van der Waals surface area contributed by atoms with Crippen molar-refractivity contribution in [2.24, 2.45) is 5.73 Å². The van der Waals surface area contributed by atoms with Gasteiger partial charge in [-0.3, -0.25) is 14.9 Å². The van der Waals surface area contributed by atoms with Gasteiger partial charge in [0.25, 0.3) is 5.69 Å². The van der Waals surface area contributed by atoms with Crippen LogP contribution in [0.15, 0.2) is 18.2 Å². The number of benzene rings is 1. The Morgan fingerprint density at radius 3 is 2.57 bits per heavy atom. The molecule has 0 aromatic heterocycles. The fraction of sp³-hybridized carbons (Fsp3) is 0.417. The minimum atomic E-state index is -4.70. The van der Waals surface area contributed by atoms with E-state index in [4.69, 9.17) is 5.73 Å². The van der Waals surface area contributed by atoms with Crippen LogP contribution >= 0.6 is 0 Å². The molecule has 0 aliphatic carbocycles. The zero-order valence-electron chi connectivity index (χ0n) is 11.1. The summed E-state index contributed by atoms with van der Waals surface area (Å²) in [6, 6.07) is 1.00. The van der Waals surface area contributed by atoms with Crippen LogP contribution in [0.5, 0.6) is 0 Å². The number of amides is 1. The molecule has 1 unspecified atom stereocenters. The summed E-state index contributed by atoms with van der Waals surface area (Å²) in [7, 11) is 0. The fourth-order valence-electron chi connectivity index (χ4n) is 1.63. The van der Waals surface area contributed by atoms with Gasteiger partial charge in [0.2, 0.25) is 5.91 Å². The van der Waals surface area contributed by atoms with E-state index in [1.807, 2.05) is 0 Å². The number of alkyl halides is 3. The largest absolute Gasteiger partial charge is 0.416 e. The molecule has 9 heteroatoms. The van der Waals surface area contributed by atoms with E-state index in [9.17, 15) is 28.1 Å². The lowest BCUT2D eigenvalue weighted by atomic mass is 10.1. The lowest BCUT2D eigenvalue weighted by Crippen LogP contribution is -2.35. The predicted molar refractivity (Wildman–Crippen MR) is 69.6 cm³/mol. The molecule has 0 radical (unpaired) electrons. The van der Waals surface area contributed by atoms with E-state index in [0.717, 1.165) is 6.07 Å². The highest BCUT2D eigenvalue weighted by atomic mass is 19.4. The quantitative estimate of drug-likeness (QED) is 0.645. The van der Waals surface area contributed by atoms with Gasteiger partial charge in [-0.15, -0.1) is 0 Å². The Hall–Kier alpha value is -2.16. The van der Waals surface area contributed by atoms with E-state index in [-0.39, 0.29) is 5.69 Å². The van der Waals surface area contributed by atoms with Gasteiger partial charge in [-0.05, 0) is 18.6 Å². The molecule has 0 spiro atoms. The van der Waals surface area contributed by atoms with Crippen LogP contribution < -0.4 is 11.1 Å². The third kappa shape index (κ3) is 4.42. The normalized spacial score (nSPS) is 12.8. The second-order valence-corrected chi connectivity index (χ2v) is 4.37. The Kier molecular flexibility index (Phi) is 5.25. The Labute approximate surface area is 118 Å². The van der Waals surface area contributed by atoms with Gasteiger partial charge in [-0.2, -0.15) is 13.2 Å². The first kappa shape index (κ1) is 16.9. The van der Waals surface area contributed by atoms with E-state index in [1.165, 1.54) is 0 Å². The molecule has 1 atom stereocenters. The molecule has 0 saturated carbocycles. The van der Waals surface area contributed by atoms with Gasteiger partial charge >= 0.3 is 6.18 Å². The summed E-state index contributed by atoms with van der Waals surface area (Å²) >= 11 is 0. The first-order valence-electron chi connectivity index (χ1n) is 6.09. The number of carbonyl (C=O) groups excluding carboxylic acids is 1. The minimum Gasteiger partial charge on any atom is -0.320 e. The molecule has 0 bridgehead atoms. The van der Waals surface area contributed by atoms with Crippen molar-refractivity contribution in [2.75, 3.05) is 5.32 Å². The molecule has 0 heterocycles.